The van der Waals surface area contributed by atoms with Gasteiger partial charge in [0.05, 0.1) is 0 Å². The predicted octanol–water partition coefficient (Wildman–Crippen LogP) is 8.87. The zero-order valence-corrected chi connectivity index (χ0v) is 29.4. The molecule has 1 fully saturated rings. The van der Waals surface area contributed by atoms with Crippen molar-refractivity contribution in [3.05, 3.63) is 0 Å². The van der Waals surface area contributed by atoms with Gasteiger partial charge in [-0.05, 0) is 52.7 Å². The highest BCUT2D eigenvalue weighted by Gasteiger charge is 2.38. The van der Waals surface area contributed by atoms with Crippen molar-refractivity contribution in [3.8, 4) is 0 Å². The molecule has 0 unspecified atom stereocenters. The first kappa shape index (κ1) is 40.4. The minimum atomic E-state index is -0.414. The van der Waals surface area contributed by atoms with Crippen molar-refractivity contribution in [3.63, 3.8) is 0 Å². The normalized spacial score (nSPS) is 14.6. The van der Waals surface area contributed by atoms with E-state index in [1.54, 1.807) is 0 Å². The summed E-state index contributed by atoms with van der Waals surface area (Å²) in [6.07, 6.45) is 25.5. The Morgan fingerprint density at radius 3 is 1.34 bits per heavy atom. The van der Waals surface area contributed by atoms with Crippen LogP contribution in [-0.2, 0) is 23.9 Å². The van der Waals surface area contributed by atoms with E-state index in [4.69, 9.17) is 9.47 Å². The Morgan fingerprint density at radius 1 is 0.568 bits per heavy atom. The van der Waals surface area contributed by atoms with Gasteiger partial charge in [0.2, 0.25) is 5.91 Å². The Labute approximate surface area is 271 Å². The molecule has 0 N–H and O–H groups in total. The largest absolute Gasteiger partial charge is 0.465 e. The molecule has 1 aliphatic heterocycles. The van der Waals surface area contributed by atoms with Gasteiger partial charge in [0.25, 0.3) is 0 Å². The van der Waals surface area contributed by atoms with E-state index in [2.05, 4.69) is 18.7 Å². The number of nitrogens with zero attached hydrogens (tertiary/aromatic N) is 2. The maximum Gasteiger partial charge on any atom is 0.305 e. The molecule has 1 amide bonds. The van der Waals surface area contributed by atoms with Crippen LogP contribution in [0.1, 0.15) is 168 Å². The van der Waals surface area contributed by atoms with E-state index in [1.165, 1.54) is 89.9 Å². The highest BCUT2D eigenvalue weighted by Crippen LogP contribution is 2.33. The van der Waals surface area contributed by atoms with Crippen LogP contribution in [0.5, 0.6) is 0 Å². The molecule has 7 heteroatoms. The number of carbonyl (C=O) groups is 3. The second-order valence-corrected chi connectivity index (χ2v) is 13.8. The summed E-state index contributed by atoms with van der Waals surface area (Å²) >= 11 is 0. The summed E-state index contributed by atoms with van der Waals surface area (Å²) in [5, 5.41) is 0. The fourth-order valence-electron chi connectivity index (χ4n) is 6.04. The van der Waals surface area contributed by atoms with Gasteiger partial charge in [-0.15, -0.1) is 0 Å². The first-order valence-electron chi connectivity index (χ1n) is 18.6. The highest BCUT2D eigenvalue weighted by atomic mass is 16.5. The van der Waals surface area contributed by atoms with Gasteiger partial charge in [-0.2, -0.15) is 0 Å². The molecule has 0 aromatic rings. The van der Waals surface area contributed by atoms with Crippen LogP contribution >= 0.6 is 0 Å². The molecule has 1 saturated heterocycles. The zero-order chi connectivity index (χ0) is 32.3. The summed E-state index contributed by atoms with van der Waals surface area (Å²) in [5.74, 6) is -0.128. The quantitative estimate of drug-likeness (QED) is 0.0641. The number of rotatable bonds is 28. The van der Waals surface area contributed by atoms with Crippen molar-refractivity contribution in [2.75, 3.05) is 46.9 Å². The number of hydrogen-bond donors (Lipinski definition) is 0. The third-order valence-corrected chi connectivity index (χ3v) is 9.22. The summed E-state index contributed by atoms with van der Waals surface area (Å²) in [6.45, 7) is 7.14. The monoisotopic (exact) mass is 623 g/mol. The molecule has 0 aromatic carbocycles. The topological polar surface area (TPSA) is 76.1 Å². The van der Waals surface area contributed by atoms with Crippen LogP contribution in [0.15, 0.2) is 0 Å². The number of unbranched alkanes of at least 4 members (excludes halogenated alkanes) is 16. The first-order valence-corrected chi connectivity index (χ1v) is 18.6. The van der Waals surface area contributed by atoms with Crippen molar-refractivity contribution in [1.29, 1.82) is 0 Å². The minimum Gasteiger partial charge on any atom is -0.465 e. The van der Waals surface area contributed by atoms with E-state index in [9.17, 15) is 14.4 Å². The van der Waals surface area contributed by atoms with Gasteiger partial charge in [0.15, 0.2) is 0 Å². The molecule has 0 spiro atoms. The van der Waals surface area contributed by atoms with Crippen molar-refractivity contribution in [2.45, 2.75) is 168 Å². The Morgan fingerprint density at radius 2 is 0.955 bits per heavy atom. The van der Waals surface area contributed by atoms with Crippen LogP contribution in [0.3, 0.4) is 0 Å². The fourth-order valence-corrected chi connectivity index (χ4v) is 6.04. The second kappa shape index (κ2) is 26.6. The maximum absolute atomic E-state index is 12.8. The zero-order valence-electron chi connectivity index (χ0n) is 29.4. The molecule has 0 bridgehead atoms. The Balaban J connectivity index is 2.45. The SMILES string of the molecule is CCCCCCCCCCCC(=O)OCC1(COC(=O)CCCCCCCCCCC)CCN(C(=O)CCCN(C)C)CC1. The van der Waals surface area contributed by atoms with E-state index < -0.39 is 5.41 Å². The fraction of sp³-hybridized carbons (Fsp3) is 0.919. The van der Waals surface area contributed by atoms with Gasteiger partial charge >= 0.3 is 11.9 Å². The van der Waals surface area contributed by atoms with Crippen LogP contribution in [0, 0.1) is 5.41 Å². The molecule has 1 heterocycles. The van der Waals surface area contributed by atoms with Crippen molar-refractivity contribution in [1.82, 2.24) is 9.80 Å². The molecule has 1 aliphatic rings. The van der Waals surface area contributed by atoms with E-state index in [-0.39, 0.29) is 31.1 Å². The molecule has 0 saturated carbocycles. The maximum atomic E-state index is 12.8. The molecule has 0 aromatic heterocycles. The average Bonchev–Trinajstić information content (AvgIpc) is 3.01. The van der Waals surface area contributed by atoms with E-state index in [0.717, 1.165) is 38.6 Å². The van der Waals surface area contributed by atoms with Crippen LogP contribution in [0.2, 0.25) is 0 Å². The summed E-state index contributed by atoms with van der Waals surface area (Å²) < 4.78 is 11.6. The lowest BCUT2D eigenvalue weighted by molar-refractivity contribution is -0.158. The van der Waals surface area contributed by atoms with E-state index >= 15 is 0 Å². The molecule has 0 aliphatic carbocycles. The second-order valence-electron chi connectivity index (χ2n) is 13.8. The molecular formula is C37H70N2O5. The third kappa shape index (κ3) is 21.2. The Kier molecular flexibility index (Phi) is 24.4. The average molecular weight is 623 g/mol. The number of esters is 2. The number of amides is 1. The Bertz CT molecular complexity index is 693. The number of likely N-dealkylation sites (tertiary alicyclic amines) is 1. The van der Waals surface area contributed by atoms with E-state index in [0.29, 0.717) is 45.2 Å². The van der Waals surface area contributed by atoms with Crippen LogP contribution < -0.4 is 0 Å². The molecule has 1 rings (SSSR count). The van der Waals surface area contributed by atoms with Crippen molar-refractivity contribution < 1.29 is 23.9 Å². The van der Waals surface area contributed by atoms with Gasteiger partial charge in [-0.1, -0.05) is 117 Å². The van der Waals surface area contributed by atoms with Crippen molar-refractivity contribution in [2.24, 2.45) is 5.41 Å². The molecule has 258 valence electrons. The smallest absolute Gasteiger partial charge is 0.305 e. The summed E-state index contributed by atoms with van der Waals surface area (Å²) in [5.41, 5.74) is -0.414. The van der Waals surface area contributed by atoms with Crippen LogP contribution in [0.25, 0.3) is 0 Å². The molecular weight excluding hydrogens is 552 g/mol. The van der Waals surface area contributed by atoms with Gasteiger partial charge < -0.3 is 19.3 Å². The molecule has 0 radical (unpaired) electrons. The number of hydrogen-bond acceptors (Lipinski definition) is 6. The number of carbonyl (C=O) groups excluding carboxylic acids is 3. The number of ether oxygens (including phenoxy) is 2. The Hall–Kier alpha value is -1.63. The molecule has 44 heavy (non-hydrogen) atoms. The summed E-state index contributed by atoms with van der Waals surface area (Å²) in [4.78, 5) is 42.1. The van der Waals surface area contributed by atoms with Crippen LogP contribution in [-0.4, -0.2) is 74.6 Å². The lowest BCUT2D eigenvalue weighted by Gasteiger charge is -2.41. The predicted molar refractivity (Wildman–Crippen MR) is 182 cm³/mol. The van der Waals surface area contributed by atoms with Gasteiger partial charge in [0.1, 0.15) is 13.2 Å². The van der Waals surface area contributed by atoms with Gasteiger partial charge in [-0.25, -0.2) is 0 Å². The van der Waals surface area contributed by atoms with E-state index in [1.807, 2.05) is 19.0 Å². The minimum absolute atomic E-state index is 0.157. The van der Waals surface area contributed by atoms with Gasteiger partial charge in [0, 0.05) is 37.8 Å². The first-order chi connectivity index (χ1) is 21.3. The standard InChI is InChI=1S/C37H70N2O5/c1-5-7-9-11-13-15-17-19-21-25-35(41)43-32-37(27-30-39(31-28-37)34(40)24-23-29-38(3)4)33-44-36(42)26-22-20-18-16-14-12-10-8-6-2/h5-33H2,1-4H3. The molecule has 7 nitrogen and oxygen atoms in total. The third-order valence-electron chi connectivity index (χ3n) is 9.22. The molecule has 0 atom stereocenters. The van der Waals surface area contributed by atoms with Gasteiger partial charge in [-0.3, -0.25) is 14.4 Å². The van der Waals surface area contributed by atoms with Crippen molar-refractivity contribution >= 4 is 17.8 Å². The summed E-state index contributed by atoms with van der Waals surface area (Å²) in [7, 11) is 4.04. The van der Waals surface area contributed by atoms with Crippen LogP contribution in [0.4, 0.5) is 0 Å². The lowest BCUT2D eigenvalue weighted by Crippen LogP contribution is -2.47. The summed E-state index contributed by atoms with van der Waals surface area (Å²) in [6, 6.07) is 0. The highest BCUT2D eigenvalue weighted by molar-refractivity contribution is 5.76. The number of piperidine rings is 1. The lowest BCUT2D eigenvalue weighted by atomic mass is 9.79.